The highest BCUT2D eigenvalue weighted by Crippen LogP contribution is 2.35. The van der Waals surface area contributed by atoms with Crippen LogP contribution < -0.4 is 10.2 Å². The summed E-state index contributed by atoms with van der Waals surface area (Å²) in [4.78, 5) is 23.9. The number of halogens is 4. The zero-order valence-corrected chi connectivity index (χ0v) is 25.8. The third-order valence-electron chi connectivity index (χ3n) is 7.48. The second kappa shape index (κ2) is 14.8. The van der Waals surface area contributed by atoms with Crippen LogP contribution in [0.1, 0.15) is 65.7 Å². The first-order valence-electron chi connectivity index (χ1n) is 13.7. The number of alkyl halides is 3. The number of aromatic nitrogens is 2. The number of hydrogen-bond donors (Lipinski definition) is 1. The van der Waals surface area contributed by atoms with Gasteiger partial charge in [0, 0.05) is 47.9 Å². The number of rotatable bonds is 14. The Hall–Kier alpha value is -2.54. The number of carbonyl (C=O) groups excluding carboxylic acids is 1. The zero-order valence-electron chi connectivity index (χ0n) is 23.4. The molecule has 0 amide bonds. The number of ketones is 1. The average Bonchev–Trinajstić information content (AvgIpc) is 3.57. The summed E-state index contributed by atoms with van der Waals surface area (Å²) >= 11 is 1.06. The smallest absolute Gasteiger partial charge is 0.356 e. The maximum Gasteiger partial charge on any atom is 0.393 e. The monoisotopic (exact) mass is 644 g/mol. The summed E-state index contributed by atoms with van der Waals surface area (Å²) in [5, 5.41) is 5.22. The molecule has 1 fully saturated rings. The molecule has 7 nitrogen and oxygen atoms in total. The zero-order chi connectivity index (χ0) is 29.6. The standard InChI is InChI=1S/C29H35F3N4O3S2.ClH/c1-3-41(38,39)14-6-4-5-7-26(37)21-10-8-20(9-11-21)18-33-22-12-13-23(15-22)36(2)27-25-16-24(17-29(30,31)32)40-28(25)35-19-34-27;/h3,8-11,16,19,22-23,33H,1,4-7,12-15,17-18H2,2H3;1H/t22-,23+;/m0./s1. The SMILES string of the molecule is C=CS(=O)(=O)CCCCCC(=O)c1ccc(CN[C@H]2CC[C@@H](N(C)c3ncnc4sc(CC(F)(F)F)cc34)C2)cc1.Cl. The molecule has 1 N–H and O–H groups in total. The molecule has 0 aliphatic heterocycles. The Morgan fingerprint density at radius 1 is 1.17 bits per heavy atom. The second-order valence-electron chi connectivity index (χ2n) is 10.5. The van der Waals surface area contributed by atoms with Gasteiger partial charge in [-0.15, -0.1) is 23.7 Å². The van der Waals surface area contributed by atoms with Crippen molar-refractivity contribution in [3.05, 3.63) is 64.7 Å². The van der Waals surface area contributed by atoms with Crippen molar-refractivity contribution in [1.82, 2.24) is 15.3 Å². The number of nitrogens with zero attached hydrogens (tertiary/aromatic N) is 3. The normalized spacial score (nSPS) is 17.2. The number of unbranched alkanes of at least 4 members (excludes halogenated alkanes) is 2. The molecule has 1 aliphatic rings. The highest BCUT2D eigenvalue weighted by Gasteiger charge is 2.31. The van der Waals surface area contributed by atoms with E-state index in [1.807, 2.05) is 31.3 Å². The van der Waals surface area contributed by atoms with Crippen molar-refractivity contribution in [1.29, 1.82) is 0 Å². The van der Waals surface area contributed by atoms with Gasteiger partial charge in [0.05, 0.1) is 17.6 Å². The molecule has 3 aromatic rings. The predicted molar refractivity (Wildman–Crippen MR) is 164 cm³/mol. The Labute approximate surface area is 255 Å². The van der Waals surface area contributed by atoms with Crippen molar-refractivity contribution in [3.8, 4) is 0 Å². The molecule has 230 valence electrons. The van der Waals surface area contributed by atoms with E-state index in [1.54, 1.807) is 6.07 Å². The van der Waals surface area contributed by atoms with Crippen LogP contribution in [-0.2, 0) is 22.8 Å². The number of sulfone groups is 1. The van der Waals surface area contributed by atoms with Crippen LogP contribution in [0.3, 0.4) is 0 Å². The molecular formula is C29H36ClF3N4O3S2. The molecule has 1 saturated carbocycles. The van der Waals surface area contributed by atoms with Crippen LogP contribution in [0.2, 0.25) is 0 Å². The summed E-state index contributed by atoms with van der Waals surface area (Å²) in [6.07, 6.45) is 1.20. The highest BCUT2D eigenvalue weighted by molar-refractivity contribution is 7.94. The molecule has 0 bridgehead atoms. The highest BCUT2D eigenvalue weighted by atomic mass is 35.5. The minimum atomic E-state index is -4.26. The molecule has 42 heavy (non-hydrogen) atoms. The second-order valence-corrected chi connectivity index (χ2v) is 13.7. The molecule has 4 rings (SSSR count). The van der Waals surface area contributed by atoms with Gasteiger partial charge in [-0.05, 0) is 43.7 Å². The van der Waals surface area contributed by atoms with Crippen molar-refractivity contribution in [2.45, 2.75) is 76.2 Å². The van der Waals surface area contributed by atoms with E-state index in [9.17, 15) is 26.4 Å². The van der Waals surface area contributed by atoms with E-state index in [-0.39, 0.29) is 40.9 Å². The molecule has 0 unspecified atom stereocenters. The molecule has 1 aliphatic carbocycles. The van der Waals surface area contributed by atoms with E-state index in [2.05, 4.69) is 26.8 Å². The van der Waals surface area contributed by atoms with E-state index >= 15 is 0 Å². The van der Waals surface area contributed by atoms with Crippen molar-refractivity contribution >= 4 is 55.4 Å². The Bertz CT molecular complexity index is 1460. The minimum Gasteiger partial charge on any atom is -0.356 e. The molecule has 2 aromatic heterocycles. The first-order chi connectivity index (χ1) is 19.4. The fraction of sp³-hybridized carbons (Fsp3) is 0.483. The summed E-state index contributed by atoms with van der Waals surface area (Å²) in [5.74, 6) is 0.774. The number of carbonyl (C=O) groups is 1. The van der Waals surface area contributed by atoms with Crippen LogP contribution in [-0.4, -0.2) is 55.2 Å². The van der Waals surface area contributed by atoms with Gasteiger partial charge in [0.2, 0.25) is 0 Å². The molecule has 0 radical (unpaired) electrons. The maximum atomic E-state index is 12.9. The van der Waals surface area contributed by atoms with Gasteiger partial charge in [-0.1, -0.05) is 37.3 Å². The largest absolute Gasteiger partial charge is 0.393 e. The van der Waals surface area contributed by atoms with Crippen LogP contribution in [0.15, 0.2) is 48.6 Å². The Kier molecular flexibility index (Phi) is 11.9. The van der Waals surface area contributed by atoms with Gasteiger partial charge in [-0.3, -0.25) is 4.79 Å². The van der Waals surface area contributed by atoms with Crippen LogP contribution in [0.4, 0.5) is 19.0 Å². The van der Waals surface area contributed by atoms with Gasteiger partial charge in [0.1, 0.15) is 17.0 Å². The fourth-order valence-corrected chi connectivity index (χ4v) is 6.98. The number of fused-ring (bicyclic) bond motifs is 1. The van der Waals surface area contributed by atoms with Crippen molar-refractivity contribution in [2.75, 3.05) is 17.7 Å². The Balaban J connectivity index is 0.00000484. The van der Waals surface area contributed by atoms with Crippen LogP contribution in [0, 0.1) is 0 Å². The number of hydrogen-bond acceptors (Lipinski definition) is 8. The maximum absolute atomic E-state index is 12.9. The van der Waals surface area contributed by atoms with E-state index in [1.165, 1.54) is 6.33 Å². The van der Waals surface area contributed by atoms with Gasteiger partial charge >= 0.3 is 6.18 Å². The van der Waals surface area contributed by atoms with Gasteiger partial charge in [0.25, 0.3) is 0 Å². The molecule has 13 heteroatoms. The van der Waals surface area contributed by atoms with Crippen molar-refractivity contribution < 1.29 is 26.4 Å². The number of thiophene rings is 1. The molecule has 0 spiro atoms. The molecule has 1 aromatic carbocycles. The number of anilines is 1. The Morgan fingerprint density at radius 3 is 2.60 bits per heavy atom. The lowest BCUT2D eigenvalue weighted by Crippen LogP contribution is -2.33. The van der Waals surface area contributed by atoms with Gasteiger partial charge in [0.15, 0.2) is 15.6 Å². The minimum absolute atomic E-state index is 0. The summed E-state index contributed by atoms with van der Waals surface area (Å²) < 4.78 is 61.6. The molecule has 2 atom stereocenters. The average molecular weight is 645 g/mol. The number of Topliss-reactive ketones (excluding diaryl/α,β-unsaturated/α-hetero) is 1. The summed E-state index contributed by atoms with van der Waals surface area (Å²) in [6.45, 7) is 3.97. The van der Waals surface area contributed by atoms with Crippen LogP contribution >= 0.6 is 23.7 Å². The first kappa shape index (κ1) is 34.0. The molecular weight excluding hydrogens is 609 g/mol. The quantitative estimate of drug-likeness (QED) is 0.155. The van der Waals surface area contributed by atoms with Crippen molar-refractivity contribution in [3.63, 3.8) is 0 Å². The summed E-state index contributed by atoms with van der Waals surface area (Å²) in [7, 11) is -1.25. The predicted octanol–water partition coefficient (Wildman–Crippen LogP) is 6.67. The lowest BCUT2D eigenvalue weighted by atomic mass is 10.0. The van der Waals surface area contributed by atoms with E-state index < -0.39 is 22.4 Å². The summed E-state index contributed by atoms with van der Waals surface area (Å²) in [5.41, 5.74) is 1.72. The van der Waals surface area contributed by atoms with Gasteiger partial charge < -0.3 is 10.2 Å². The van der Waals surface area contributed by atoms with E-state index in [0.717, 1.165) is 41.6 Å². The van der Waals surface area contributed by atoms with E-state index in [0.29, 0.717) is 53.8 Å². The van der Waals surface area contributed by atoms with Gasteiger partial charge in [-0.25, -0.2) is 18.4 Å². The molecule has 0 saturated heterocycles. The lowest BCUT2D eigenvalue weighted by Gasteiger charge is -2.26. The van der Waals surface area contributed by atoms with Crippen LogP contribution in [0.25, 0.3) is 10.2 Å². The summed E-state index contributed by atoms with van der Waals surface area (Å²) in [6, 6.07) is 9.62. The third kappa shape index (κ3) is 9.48. The van der Waals surface area contributed by atoms with Crippen molar-refractivity contribution in [2.24, 2.45) is 0 Å². The van der Waals surface area contributed by atoms with E-state index in [4.69, 9.17) is 0 Å². The van der Waals surface area contributed by atoms with Gasteiger partial charge in [-0.2, -0.15) is 13.2 Å². The third-order valence-corrected chi connectivity index (χ3v) is 9.89. The lowest BCUT2D eigenvalue weighted by molar-refractivity contribution is -0.126. The topological polar surface area (TPSA) is 92.3 Å². The number of benzene rings is 1. The Morgan fingerprint density at radius 2 is 1.90 bits per heavy atom. The fourth-order valence-electron chi connectivity index (χ4n) is 5.19. The molecule has 2 heterocycles. The first-order valence-corrected chi connectivity index (χ1v) is 16.2. The van der Waals surface area contributed by atoms with Crippen LogP contribution in [0.5, 0.6) is 0 Å². The number of nitrogens with one attached hydrogen (secondary N) is 1.